The summed E-state index contributed by atoms with van der Waals surface area (Å²) in [6.07, 6.45) is 7.90. The molecule has 2 rings (SSSR count). The molecule has 7 heteroatoms. The second-order valence-corrected chi connectivity index (χ2v) is 25.5. The van der Waals surface area contributed by atoms with Crippen molar-refractivity contribution in [2.75, 3.05) is 0 Å². The standard InChI is InChI=1S/C10H12ClNSi.C9H15ClINSi/c1-13(11,9-5-8-12)10-6-3-2-4-7-10;10-13(11,8-4-7-12)9-5-2-1-3-6-9/h2-4,6-7H,5,9H2,1H3;9H,1-6,8H2. The van der Waals surface area contributed by atoms with Crippen molar-refractivity contribution in [2.45, 2.75) is 69.1 Å². The first-order valence-electron chi connectivity index (χ1n) is 9.19. The van der Waals surface area contributed by atoms with Crippen LogP contribution >= 0.6 is 44.0 Å². The van der Waals surface area contributed by atoms with Crippen LogP contribution in [0, 0.1) is 22.7 Å². The van der Waals surface area contributed by atoms with E-state index in [-0.39, 0.29) is 0 Å². The van der Waals surface area contributed by atoms with Gasteiger partial charge in [0.1, 0.15) is 0 Å². The van der Waals surface area contributed by atoms with Crippen molar-refractivity contribution in [3.63, 3.8) is 0 Å². The van der Waals surface area contributed by atoms with E-state index in [9.17, 15) is 0 Å². The summed E-state index contributed by atoms with van der Waals surface area (Å²) in [4.78, 5) is -1.60. The van der Waals surface area contributed by atoms with Crippen molar-refractivity contribution >= 4 is 61.4 Å². The average molecular weight is 537 g/mol. The van der Waals surface area contributed by atoms with Crippen molar-refractivity contribution in [3.8, 4) is 12.1 Å². The Morgan fingerprint density at radius 3 is 2.08 bits per heavy atom. The highest BCUT2D eigenvalue weighted by atomic mass is 127. The molecule has 0 amide bonds. The Kier molecular flexibility index (Phi) is 11.4. The van der Waals surface area contributed by atoms with Gasteiger partial charge in [0, 0.05) is 12.8 Å². The van der Waals surface area contributed by atoms with Gasteiger partial charge >= 0.3 is 0 Å². The molecule has 2 unspecified atom stereocenters. The number of nitrogens with zero attached hydrogens (tertiary/aromatic N) is 2. The van der Waals surface area contributed by atoms with Crippen LogP contribution in [-0.4, -0.2) is 12.3 Å². The molecule has 0 bridgehead atoms. The first-order valence-corrected chi connectivity index (χ1v) is 19.3. The summed E-state index contributed by atoms with van der Waals surface area (Å²) >= 11 is 15.5. The van der Waals surface area contributed by atoms with Gasteiger partial charge in [-0.3, -0.25) is 0 Å². The fourth-order valence-electron chi connectivity index (χ4n) is 3.17. The fraction of sp³-hybridized carbons (Fsp3) is 0.579. The Morgan fingerprint density at radius 1 is 1.00 bits per heavy atom. The Bertz CT molecular complexity index is 606. The second-order valence-electron chi connectivity index (χ2n) is 6.98. The molecule has 1 aliphatic rings. The number of halogens is 3. The van der Waals surface area contributed by atoms with E-state index in [1.54, 1.807) is 0 Å². The highest BCUT2D eigenvalue weighted by Crippen LogP contribution is 2.45. The average Bonchev–Trinajstić information content (AvgIpc) is 2.67. The van der Waals surface area contributed by atoms with Gasteiger partial charge < -0.3 is 0 Å². The highest BCUT2D eigenvalue weighted by Gasteiger charge is 2.37. The summed E-state index contributed by atoms with van der Waals surface area (Å²) in [5, 5.41) is 18.2. The molecule has 0 heterocycles. The molecule has 0 saturated heterocycles. The highest BCUT2D eigenvalue weighted by molar-refractivity contribution is 14.1. The minimum atomic E-state index is -1.85. The molecule has 1 saturated carbocycles. The van der Waals surface area contributed by atoms with Gasteiger partial charge in [0.05, 0.1) is 12.1 Å². The Labute approximate surface area is 182 Å². The molecule has 1 aromatic carbocycles. The van der Waals surface area contributed by atoms with Crippen LogP contribution in [0.5, 0.6) is 0 Å². The number of benzene rings is 1. The molecule has 1 fully saturated rings. The van der Waals surface area contributed by atoms with Gasteiger partial charge in [-0.05, 0) is 22.8 Å². The topological polar surface area (TPSA) is 47.6 Å². The van der Waals surface area contributed by atoms with Crippen LogP contribution < -0.4 is 5.19 Å². The van der Waals surface area contributed by atoms with Gasteiger partial charge in [-0.1, -0.05) is 90.8 Å². The summed E-state index contributed by atoms with van der Waals surface area (Å²) in [5.74, 6) is 0. The number of nitriles is 2. The molecule has 2 atom stereocenters. The van der Waals surface area contributed by atoms with Crippen molar-refractivity contribution in [3.05, 3.63) is 30.3 Å². The van der Waals surface area contributed by atoms with Gasteiger partial charge in [0.25, 0.3) is 0 Å². The van der Waals surface area contributed by atoms with Gasteiger partial charge in [-0.2, -0.15) is 32.7 Å². The molecule has 26 heavy (non-hydrogen) atoms. The summed E-state index contributed by atoms with van der Waals surface area (Å²) in [6.45, 7) is 2.08. The number of rotatable bonds is 6. The maximum absolute atomic E-state index is 8.54. The predicted molar refractivity (Wildman–Crippen MR) is 126 cm³/mol. The van der Waals surface area contributed by atoms with Crippen molar-refractivity contribution in [1.82, 2.24) is 0 Å². The quantitative estimate of drug-likeness (QED) is 0.224. The number of hydrogen-bond acceptors (Lipinski definition) is 2. The van der Waals surface area contributed by atoms with Crippen LogP contribution in [-0.2, 0) is 0 Å². The van der Waals surface area contributed by atoms with Gasteiger partial charge in [-0.25, -0.2) is 0 Å². The Balaban J connectivity index is 0.000000260. The lowest BCUT2D eigenvalue weighted by molar-refractivity contribution is 0.498. The fourth-order valence-corrected chi connectivity index (χ4v) is 11.3. The zero-order valence-electron chi connectivity index (χ0n) is 15.4. The lowest BCUT2D eigenvalue weighted by Crippen LogP contribution is -2.38. The summed E-state index contributed by atoms with van der Waals surface area (Å²) in [5.41, 5.74) is 0.761. The third-order valence-electron chi connectivity index (χ3n) is 4.85. The predicted octanol–water partition coefficient (Wildman–Crippen LogP) is 6.97. The zero-order valence-corrected chi connectivity index (χ0v) is 21.0. The van der Waals surface area contributed by atoms with Crippen molar-refractivity contribution in [1.29, 1.82) is 10.5 Å². The monoisotopic (exact) mass is 536 g/mol. The first kappa shape index (κ1) is 24.0. The van der Waals surface area contributed by atoms with E-state index in [4.69, 9.17) is 32.7 Å². The molecule has 0 radical (unpaired) electrons. The molecule has 142 valence electrons. The molecule has 2 nitrogen and oxygen atoms in total. The Morgan fingerprint density at radius 2 is 1.54 bits per heavy atom. The molecule has 0 spiro atoms. The third kappa shape index (κ3) is 8.75. The van der Waals surface area contributed by atoms with E-state index in [1.165, 1.54) is 37.3 Å². The van der Waals surface area contributed by atoms with Gasteiger partial charge in [0.15, 0.2) is 7.38 Å². The van der Waals surface area contributed by atoms with Crippen LogP contribution in [0.3, 0.4) is 0 Å². The van der Waals surface area contributed by atoms with E-state index >= 15 is 0 Å². The maximum Gasteiger partial charge on any atom is 0.225 e. The zero-order chi connectivity index (χ0) is 19.5. The van der Waals surface area contributed by atoms with E-state index < -0.39 is 12.3 Å². The molecule has 0 N–H and O–H groups in total. The molecule has 0 aliphatic heterocycles. The van der Waals surface area contributed by atoms with Crippen LogP contribution in [0.15, 0.2) is 30.3 Å². The smallest absolute Gasteiger partial charge is 0.198 e. The van der Waals surface area contributed by atoms with E-state index in [1.807, 2.05) is 18.2 Å². The molecule has 1 aliphatic carbocycles. The minimum absolute atomic E-state index is 0.557. The molecular formula is C19H27Cl2IN2Si2. The molecule has 0 aromatic heterocycles. The molecular weight excluding hydrogens is 510 g/mol. The van der Waals surface area contributed by atoms with Crippen molar-refractivity contribution < 1.29 is 0 Å². The maximum atomic E-state index is 8.54. The SMILES string of the molecule is C[Si](Cl)(CCC#N)c1ccccc1.N#CCC[Si](Cl)(I)C1CCCCC1. The minimum Gasteiger partial charge on any atom is -0.198 e. The first-order chi connectivity index (χ1) is 12.3. The van der Waals surface area contributed by atoms with Gasteiger partial charge in [0.2, 0.25) is 4.88 Å². The third-order valence-corrected chi connectivity index (χ3v) is 17.2. The normalized spacial score (nSPS) is 19.0. The summed E-state index contributed by atoms with van der Waals surface area (Å²) in [6, 6.07) is 16.2. The van der Waals surface area contributed by atoms with Crippen LogP contribution in [0.2, 0.25) is 24.2 Å². The molecule has 1 aromatic rings. The van der Waals surface area contributed by atoms with E-state index in [0.29, 0.717) is 12.8 Å². The van der Waals surface area contributed by atoms with Crippen LogP contribution in [0.25, 0.3) is 0 Å². The second kappa shape index (κ2) is 12.4. The lowest BCUT2D eigenvalue weighted by atomic mass is 10.0. The lowest BCUT2D eigenvalue weighted by Gasteiger charge is -2.30. The largest absolute Gasteiger partial charge is 0.225 e. The van der Waals surface area contributed by atoms with Crippen LogP contribution in [0.4, 0.5) is 0 Å². The Hall–Kier alpha value is -0.0562. The summed E-state index contributed by atoms with van der Waals surface area (Å²) in [7, 11) is -1.85. The van der Waals surface area contributed by atoms with E-state index in [0.717, 1.165) is 17.6 Å². The van der Waals surface area contributed by atoms with Crippen molar-refractivity contribution in [2.24, 2.45) is 0 Å². The number of hydrogen-bond donors (Lipinski definition) is 0. The van der Waals surface area contributed by atoms with Crippen LogP contribution in [0.1, 0.15) is 44.9 Å². The van der Waals surface area contributed by atoms with E-state index in [2.05, 4.69) is 52.6 Å². The van der Waals surface area contributed by atoms with Gasteiger partial charge in [-0.15, -0.1) is 0 Å². The summed E-state index contributed by atoms with van der Waals surface area (Å²) < 4.78 is 0.